The second-order valence-electron chi connectivity index (χ2n) is 4.87. The molecule has 0 saturated carbocycles. The van der Waals surface area contributed by atoms with Gasteiger partial charge in [-0.15, -0.1) is 0 Å². The van der Waals surface area contributed by atoms with E-state index < -0.39 is 0 Å². The molecular formula is C15H22N2O4. The number of benzene rings is 1. The van der Waals surface area contributed by atoms with E-state index in [1.165, 1.54) is 0 Å². The Kier molecular flexibility index (Phi) is 5.27. The molecule has 0 aliphatic carbocycles. The summed E-state index contributed by atoms with van der Waals surface area (Å²) in [6.45, 7) is 6.43. The Hall–Kier alpha value is -1.95. The molecule has 1 atom stereocenters. The first-order valence-electron chi connectivity index (χ1n) is 7.15. The minimum atomic E-state index is -0.157. The number of nitrogens with one attached hydrogen (secondary N) is 2. The summed E-state index contributed by atoms with van der Waals surface area (Å²) in [5.41, 5.74) is 0.500. The highest BCUT2D eigenvalue weighted by Gasteiger charge is 2.20. The molecule has 1 aromatic rings. The van der Waals surface area contributed by atoms with Gasteiger partial charge in [0.05, 0.1) is 7.11 Å². The normalized spacial score (nSPS) is 14.4. The summed E-state index contributed by atoms with van der Waals surface area (Å²) in [4.78, 5) is 12.2. The van der Waals surface area contributed by atoms with Crippen molar-refractivity contribution < 1.29 is 19.0 Å². The molecule has 0 saturated heterocycles. The van der Waals surface area contributed by atoms with Crippen LogP contribution in [0.25, 0.3) is 0 Å². The molecule has 0 bridgehead atoms. The van der Waals surface area contributed by atoms with Gasteiger partial charge in [-0.1, -0.05) is 6.92 Å². The predicted octanol–water partition coefficient (Wildman–Crippen LogP) is 1.19. The molecule has 1 heterocycles. The van der Waals surface area contributed by atoms with E-state index in [-0.39, 0.29) is 11.9 Å². The molecule has 2 rings (SSSR count). The topological polar surface area (TPSA) is 68.8 Å². The van der Waals surface area contributed by atoms with Crippen LogP contribution in [-0.2, 0) is 0 Å². The first-order valence-corrected chi connectivity index (χ1v) is 7.15. The number of amides is 1. The zero-order valence-electron chi connectivity index (χ0n) is 12.7. The van der Waals surface area contributed by atoms with Gasteiger partial charge in [0.1, 0.15) is 13.2 Å². The van der Waals surface area contributed by atoms with Crippen LogP contribution in [0.15, 0.2) is 12.1 Å². The molecule has 6 heteroatoms. The van der Waals surface area contributed by atoms with Gasteiger partial charge >= 0.3 is 0 Å². The Labute approximate surface area is 124 Å². The van der Waals surface area contributed by atoms with Crippen LogP contribution < -0.4 is 24.8 Å². The predicted molar refractivity (Wildman–Crippen MR) is 79.5 cm³/mol. The van der Waals surface area contributed by atoms with E-state index in [1.807, 2.05) is 13.8 Å². The van der Waals surface area contributed by atoms with Gasteiger partial charge in [-0.3, -0.25) is 4.79 Å². The molecule has 0 unspecified atom stereocenters. The quantitative estimate of drug-likeness (QED) is 0.825. The fraction of sp³-hybridized carbons (Fsp3) is 0.533. The number of hydrogen-bond donors (Lipinski definition) is 2. The number of methoxy groups -OCH3 is 1. The number of likely N-dealkylation sites (N-methyl/N-ethyl adjacent to an activating group) is 1. The first-order chi connectivity index (χ1) is 10.2. The van der Waals surface area contributed by atoms with Crippen molar-refractivity contribution in [3.63, 3.8) is 0 Å². The van der Waals surface area contributed by atoms with Gasteiger partial charge in [0.25, 0.3) is 5.91 Å². The standard InChI is InChI=1S/C15H22N2O4/c1-4-16-10(2)9-17-15(18)11-7-12(19-3)14-13(8-11)20-5-6-21-14/h7-8,10,16H,4-6,9H2,1-3H3,(H,17,18)/t10-/m1/s1. The number of fused-ring (bicyclic) bond motifs is 1. The summed E-state index contributed by atoms with van der Waals surface area (Å²) in [6.07, 6.45) is 0. The minimum absolute atomic E-state index is 0.157. The molecule has 1 amide bonds. The Morgan fingerprint density at radius 3 is 2.86 bits per heavy atom. The summed E-state index contributed by atoms with van der Waals surface area (Å²) >= 11 is 0. The van der Waals surface area contributed by atoms with Gasteiger partial charge in [-0.05, 0) is 25.6 Å². The third-order valence-corrected chi connectivity index (χ3v) is 3.21. The molecule has 1 aliphatic rings. The van der Waals surface area contributed by atoms with Crippen LogP contribution in [0.5, 0.6) is 17.2 Å². The number of carbonyl (C=O) groups excluding carboxylic acids is 1. The molecule has 2 N–H and O–H groups in total. The molecule has 1 aromatic carbocycles. The maximum Gasteiger partial charge on any atom is 0.251 e. The SMILES string of the molecule is CCN[C@H](C)CNC(=O)c1cc(OC)c2c(c1)OCCO2. The van der Waals surface area contributed by atoms with E-state index in [0.29, 0.717) is 42.6 Å². The molecule has 0 fully saturated rings. The van der Waals surface area contributed by atoms with Gasteiger partial charge in [-0.25, -0.2) is 0 Å². The molecule has 1 aliphatic heterocycles. The Morgan fingerprint density at radius 2 is 2.14 bits per heavy atom. The van der Waals surface area contributed by atoms with Gasteiger partial charge in [0.2, 0.25) is 5.75 Å². The maximum atomic E-state index is 12.2. The molecule has 6 nitrogen and oxygen atoms in total. The third kappa shape index (κ3) is 3.78. The number of rotatable bonds is 6. The number of carbonyl (C=O) groups is 1. The van der Waals surface area contributed by atoms with E-state index in [2.05, 4.69) is 10.6 Å². The lowest BCUT2D eigenvalue weighted by Gasteiger charge is -2.21. The van der Waals surface area contributed by atoms with E-state index in [0.717, 1.165) is 6.54 Å². The van der Waals surface area contributed by atoms with Crippen molar-refractivity contribution in [3.05, 3.63) is 17.7 Å². The molecule has 0 aromatic heterocycles. The van der Waals surface area contributed by atoms with Crippen molar-refractivity contribution >= 4 is 5.91 Å². The van der Waals surface area contributed by atoms with Crippen LogP contribution in [0, 0.1) is 0 Å². The summed E-state index contributed by atoms with van der Waals surface area (Å²) in [6, 6.07) is 3.57. The van der Waals surface area contributed by atoms with Crippen LogP contribution in [0.2, 0.25) is 0 Å². The van der Waals surface area contributed by atoms with Crippen molar-refractivity contribution in [2.75, 3.05) is 33.4 Å². The second-order valence-corrected chi connectivity index (χ2v) is 4.87. The van der Waals surface area contributed by atoms with Crippen LogP contribution in [0.3, 0.4) is 0 Å². The fourth-order valence-corrected chi connectivity index (χ4v) is 2.17. The van der Waals surface area contributed by atoms with E-state index in [9.17, 15) is 4.79 Å². The first kappa shape index (κ1) is 15.4. The van der Waals surface area contributed by atoms with Crippen molar-refractivity contribution in [3.8, 4) is 17.2 Å². The van der Waals surface area contributed by atoms with E-state index in [1.54, 1.807) is 19.2 Å². The zero-order chi connectivity index (χ0) is 15.2. The van der Waals surface area contributed by atoms with E-state index >= 15 is 0 Å². The largest absolute Gasteiger partial charge is 0.493 e. The van der Waals surface area contributed by atoms with Crippen LogP contribution >= 0.6 is 0 Å². The van der Waals surface area contributed by atoms with E-state index in [4.69, 9.17) is 14.2 Å². The lowest BCUT2D eigenvalue weighted by molar-refractivity contribution is 0.0948. The fourth-order valence-electron chi connectivity index (χ4n) is 2.17. The van der Waals surface area contributed by atoms with Gasteiger partial charge in [-0.2, -0.15) is 0 Å². The molecular weight excluding hydrogens is 272 g/mol. The van der Waals surface area contributed by atoms with Crippen LogP contribution in [0.4, 0.5) is 0 Å². The maximum absolute atomic E-state index is 12.2. The smallest absolute Gasteiger partial charge is 0.251 e. The monoisotopic (exact) mass is 294 g/mol. The molecule has 0 radical (unpaired) electrons. The second kappa shape index (κ2) is 7.17. The minimum Gasteiger partial charge on any atom is -0.493 e. The van der Waals surface area contributed by atoms with Crippen molar-refractivity contribution in [1.29, 1.82) is 0 Å². The highest BCUT2D eigenvalue weighted by molar-refractivity contribution is 5.95. The molecule has 0 spiro atoms. The summed E-state index contributed by atoms with van der Waals surface area (Å²) in [7, 11) is 1.54. The summed E-state index contributed by atoms with van der Waals surface area (Å²) in [5.74, 6) is 1.46. The zero-order valence-corrected chi connectivity index (χ0v) is 12.7. The highest BCUT2D eigenvalue weighted by atomic mass is 16.6. The number of hydrogen-bond acceptors (Lipinski definition) is 5. The van der Waals surface area contributed by atoms with Crippen molar-refractivity contribution in [1.82, 2.24) is 10.6 Å². The summed E-state index contributed by atoms with van der Waals surface area (Å²) in [5, 5.41) is 6.13. The van der Waals surface area contributed by atoms with Crippen molar-refractivity contribution in [2.24, 2.45) is 0 Å². The highest BCUT2D eigenvalue weighted by Crippen LogP contribution is 2.40. The van der Waals surface area contributed by atoms with Gasteiger partial charge < -0.3 is 24.8 Å². The Bertz CT molecular complexity index is 487. The molecule has 21 heavy (non-hydrogen) atoms. The lowest BCUT2D eigenvalue weighted by Crippen LogP contribution is -2.38. The van der Waals surface area contributed by atoms with Gasteiger partial charge in [0.15, 0.2) is 11.5 Å². The van der Waals surface area contributed by atoms with Crippen molar-refractivity contribution in [2.45, 2.75) is 19.9 Å². The summed E-state index contributed by atoms with van der Waals surface area (Å²) < 4.78 is 16.3. The van der Waals surface area contributed by atoms with Crippen LogP contribution in [-0.4, -0.2) is 45.4 Å². The Morgan fingerprint density at radius 1 is 1.38 bits per heavy atom. The average Bonchev–Trinajstić information content (AvgIpc) is 2.51. The third-order valence-electron chi connectivity index (χ3n) is 3.21. The van der Waals surface area contributed by atoms with Crippen LogP contribution in [0.1, 0.15) is 24.2 Å². The number of ether oxygens (including phenoxy) is 3. The Balaban J connectivity index is 2.10. The molecule has 116 valence electrons. The average molecular weight is 294 g/mol. The van der Waals surface area contributed by atoms with Gasteiger partial charge in [0, 0.05) is 18.2 Å². The lowest BCUT2D eigenvalue weighted by atomic mass is 10.1.